The predicted octanol–water partition coefficient (Wildman–Crippen LogP) is 3.82. The molecule has 0 bridgehead atoms. The molecular weight excluding hydrogens is 348 g/mol. The van der Waals surface area contributed by atoms with Crippen LogP contribution in [0.4, 0.5) is 0 Å². The standard InChI is InChI=1S/C23H20N4O/c24-12-14-27-17-20(21-10-4-5-11-22(21)27)15-19(16-25)23(28)26-13-6-9-18-7-2-1-3-8-18/h1-5,7-8,10-11,15,17H,6,9,13-14H2,(H,26,28)/b19-15-. The van der Waals surface area contributed by atoms with Crippen LogP contribution in [-0.4, -0.2) is 17.0 Å². The molecule has 0 saturated heterocycles. The van der Waals surface area contributed by atoms with Crippen molar-refractivity contribution in [3.63, 3.8) is 0 Å². The third-order valence-electron chi connectivity index (χ3n) is 4.50. The van der Waals surface area contributed by atoms with Gasteiger partial charge in [-0.2, -0.15) is 10.5 Å². The van der Waals surface area contributed by atoms with E-state index in [1.54, 1.807) is 12.3 Å². The lowest BCUT2D eigenvalue weighted by Crippen LogP contribution is -2.25. The molecule has 0 spiro atoms. The first-order valence-corrected chi connectivity index (χ1v) is 9.11. The minimum atomic E-state index is -0.382. The number of amides is 1. The van der Waals surface area contributed by atoms with Gasteiger partial charge < -0.3 is 9.88 Å². The van der Waals surface area contributed by atoms with E-state index in [0.717, 1.165) is 29.3 Å². The van der Waals surface area contributed by atoms with Gasteiger partial charge in [0.25, 0.3) is 5.91 Å². The second-order valence-corrected chi connectivity index (χ2v) is 6.40. The minimum Gasteiger partial charge on any atom is -0.351 e. The molecule has 0 aliphatic carbocycles. The number of hydrogen-bond acceptors (Lipinski definition) is 3. The predicted molar refractivity (Wildman–Crippen MR) is 109 cm³/mol. The van der Waals surface area contributed by atoms with Crippen molar-refractivity contribution in [2.75, 3.05) is 6.54 Å². The summed E-state index contributed by atoms with van der Waals surface area (Å²) < 4.78 is 1.81. The number of hydrogen-bond donors (Lipinski definition) is 1. The van der Waals surface area contributed by atoms with Gasteiger partial charge in [0.1, 0.15) is 18.2 Å². The Bertz CT molecular complexity index is 1080. The highest BCUT2D eigenvalue weighted by Crippen LogP contribution is 2.23. The van der Waals surface area contributed by atoms with Gasteiger partial charge in [-0.25, -0.2) is 0 Å². The fourth-order valence-corrected chi connectivity index (χ4v) is 3.14. The number of carbonyl (C=O) groups excluding carboxylic acids is 1. The molecule has 1 amide bonds. The number of nitrogens with zero attached hydrogens (tertiary/aromatic N) is 3. The lowest BCUT2D eigenvalue weighted by atomic mass is 10.1. The Morgan fingerprint density at radius 2 is 1.82 bits per heavy atom. The summed E-state index contributed by atoms with van der Waals surface area (Å²) in [6.07, 6.45) is 5.06. The van der Waals surface area contributed by atoms with E-state index in [-0.39, 0.29) is 18.0 Å². The summed E-state index contributed by atoms with van der Waals surface area (Å²) in [5.74, 6) is -0.382. The molecule has 1 heterocycles. The van der Waals surface area contributed by atoms with Crippen molar-refractivity contribution in [3.05, 3.63) is 77.5 Å². The van der Waals surface area contributed by atoms with Gasteiger partial charge in [0.15, 0.2) is 0 Å². The van der Waals surface area contributed by atoms with E-state index in [1.807, 2.05) is 53.1 Å². The molecule has 3 aromatic rings. The van der Waals surface area contributed by atoms with E-state index in [1.165, 1.54) is 5.56 Å². The van der Waals surface area contributed by atoms with Crippen LogP contribution in [0.5, 0.6) is 0 Å². The van der Waals surface area contributed by atoms with Crippen LogP contribution in [0, 0.1) is 22.7 Å². The van der Waals surface area contributed by atoms with Crippen LogP contribution >= 0.6 is 0 Å². The molecule has 1 aromatic heterocycles. The number of rotatable bonds is 7. The summed E-state index contributed by atoms with van der Waals surface area (Å²) in [5.41, 5.74) is 2.93. The number of fused-ring (bicyclic) bond motifs is 1. The summed E-state index contributed by atoms with van der Waals surface area (Å²) in [6, 6.07) is 21.8. The summed E-state index contributed by atoms with van der Waals surface area (Å²) >= 11 is 0. The fourth-order valence-electron chi connectivity index (χ4n) is 3.14. The Balaban J connectivity index is 1.70. The number of nitrogens with one attached hydrogen (secondary N) is 1. The first-order chi connectivity index (χ1) is 13.7. The molecule has 28 heavy (non-hydrogen) atoms. The summed E-state index contributed by atoms with van der Waals surface area (Å²) in [5, 5.41) is 22.2. The highest BCUT2D eigenvalue weighted by Gasteiger charge is 2.12. The van der Waals surface area contributed by atoms with Crippen LogP contribution in [0.1, 0.15) is 17.5 Å². The highest BCUT2D eigenvalue weighted by molar-refractivity contribution is 6.04. The summed E-state index contributed by atoms with van der Waals surface area (Å²) in [6.45, 7) is 0.713. The van der Waals surface area contributed by atoms with Gasteiger partial charge in [-0.3, -0.25) is 4.79 Å². The van der Waals surface area contributed by atoms with Gasteiger partial charge in [0.2, 0.25) is 0 Å². The maximum atomic E-state index is 12.4. The lowest BCUT2D eigenvalue weighted by molar-refractivity contribution is -0.117. The SMILES string of the molecule is N#CCn1cc(/C=C(/C#N)C(=O)NCCCc2ccccc2)c2ccccc21. The van der Waals surface area contributed by atoms with Gasteiger partial charge in [0, 0.05) is 29.2 Å². The Morgan fingerprint density at radius 1 is 1.07 bits per heavy atom. The van der Waals surface area contributed by atoms with Crippen molar-refractivity contribution in [2.45, 2.75) is 19.4 Å². The number of carbonyl (C=O) groups is 1. The minimum absolute atomic E-state index is 0.0552. The van der Waals surface area contributed by atoms with Crippen LogP contribution < -0.4 is 5.32 Å². The molecular formula is C23H20N4O. The van der Waals surface area contributed by atoms with Crippen LogP contribution in [-0.2, 0) is 17.8 Å². The Kier molecular flexibility index (Phi) is 6.23. The van der Waals surface area contributed by atoms with Gasteiger partial charge in [0.05, 0.1) is 6.07 Å². The summed E-state index contributed by atoms with van der Waals surface area (Å²) in [4.78, 5) is 12.4. The quantitative estimate of drug-likeness (QED) is 0.391. The molecule has 5 heteroatoms. The monoisotopic (exact) mass is 368 g/mol. The molecule has 0 fully saturated rings. The molecule has 0 aliphatic rings. The molecule has 0 radical (unpaired) electrons. The van der Waals surface area contributed by atoms with Crippen LogP contribution in [0.25, 0.3) is 17.0 Å². The second kappa shape index (κ2) is 9.21. The van der Waals surface area contributed by atoms with Crippen molar-refractivity contribution in [1.29, 1.82) is 10.5 Å². The highest BCUT2D eigenvalue weighted by atomic mass is 16.1. The molecule has 0 unspecified atom stereocenters. The van der Waals surface area contributed by atoms with Crippen LogP contribution in [0.15, 0.2) is 66.4 Å². The van der Waals surface area contributed by atoms with Gasteiger partial charge in [-0.1, -0.05) is 48.5 Å². The maximum absolute atomic E-state index is 12.4. The van der Waals surface area contributed by atoms with E-state index < -0.39 is 0 Å². The number of benzene rings is 2. The van der Waals surface area contributed by atoms with Crippen molar-refractivity contribution < 1.29 is 4.79 Å². The second-order valence-electron chi connectivity index (χ2n) is 6.40. The fraction of sp³-hybridized carbons (Fsp3) is 0.174. The zero-order valence-electron chi connectivity index (χ0n) is 15.4. The van der Waals surface area contributed by atoms with Crippen LogP contribution in [0.3, 0.4) is 0 Å². The molecule has 0 saturated carbocycles. The van der Waals surface area contributed by atoms with Gasteiger partial charge >= 0.3 is 0 Å². The average molecular weight is 368 g/mol. The third-order valence-corrected chi connectivity index (χ3v) is 4.50. The smallest absolute Gasteiger partial charge is 0.261 e. The third kappa shape index (κ3) is 4.47. The molecule has 1 N–H and O–H groups in total. The maximum Gasteiger partial charge on any atom is 0.261 e. The van der Waals surface area contributed by atoms with E-state index in [9.17, 15) is 10.1 Å². The molecule has 138 valence electrons. The molecule has 0 aliphatic heterocycles. The molecule has 2 aromatic carbocycles. The molecule has 3 rings (SSSR count). The number of aromatic nitrogens is 1. The number of nitriles is 2. The first kappa shape index (κ1) is 18.9. The van der Waals surface area contributed by atoms with Crippen molar-refractivity contribution in [2.24, 2.45) is 0 Å². The first-order valence-electron chi connectivity index (χ1n) is 9.11. The topological polar surface area (TPSA) is 81.6 Å². The summed E-state index contributed by atoms with van der Waals surface area (Å²) in [7, 11) is 0. The average Bonchev–Trinajstić information content (AvgIpc) is 3.08. The lowest BCUT2D eigenvalue weighted by Gasteiger charge is -2.04. The largest absolute Gasteiger partial charge is 0.351 e. The zero-order valence-corrected chi connectivity index (χ0v) is 15.4. The normalized spacial score (nSPS) is 11.0. The van der Waals surface area contributed by atoms with E-state index in [4.69, 9.17) is 5.26 Å². The van der Waals surface area contributed by atoms with Crippen LogP contribution in [0.2, 0.25) is 0 Å². The Labute approximate surface area is 164 Å². The molecule has 0 atom stereocenters. The van der Waals surface area contributed by atoms with E-state index in [2.05, 4.69) is 23.5 Å². The number of para-hydroxylation sites is 1. The van der Waals surface area contributed by atoms with Gasteiger partial charge in [-0.15, -0.1) is 0 Å². The Morgan fingerprint density at radius 3 is 2.57 bits per heavy atom. The van der Waals surface area contributed by atoms with E-state index >= 15 is 0 Å². The van der Waals surface area contributed by atoms with E-state index in [0.29, 0.717) is 6.54 Å². The van der Waals surface area contributed by atoms with Crippen molar-refractivity contribution in [1.82, 2.24) is 9.88 Å². The van der Waals surface area contributed by atoms with Crippen molar-refractivity contribution in [3.8, 4) is 12.1 Å². The Hall–Kier alpha value is -3.83. The zero-order chi connectivity index (χ0) is 19.8. The van der Waals surface area contributed by atoms with Crippen molar-refractivity contribution >= 4 is 22.9 Å². The number of aryl methyl sites for hydroxylation is 1. The molecule has 5 nitrogen and oxygen atoms in total. The van der Waals surface area contributed by atoms with Gasteiger partial charge in [-0.05, 0) is 30.5 Å².